The van der Waals surface area contributed by atoms with Crippen molar-refractivity contribution in [1.29, 1.82) is 0 Å². The van der Waals surface area contributed by atoms with Gasteiger partial charge in [0.25, 0.3) is 0 Å². The first-order valence-corrected chi connectivity index (χ1v) is 5.74. The highest BCUT2D eigenvalue weighted by Gasteiger charge is 2.31. The number of pyridine rings is 1. The number of fused-ring (bicyclic) bond motifs is 1. The Labute approximate surface area is 94.4 Å². The third-order valence-corrected chi connectivity index (χ3v) is 3.61. The van der Waals surface area contributed by atoms with Crippen LogP contribution in [0.4, 0.5) is 0 Å². The van der Waals surface area contributed by atoms with Crippen molar-refractivity contribution < 1.29 is 0 Å². The summed E-state index contributed by atoms with van der Waals surface area (Å²) in [4.78, 5) is 4.13. The van der Waals surface area contributed by atoms with E-state index < -0.39 is 0 Å². The number of nitrogens with one attached hydrogen (secondary N) is 1. The molecule has 2 aliphatic rings. The van der Waals surface area contributed by atoms with Gasteiger partial charge in [0.2, 0.25) is 0 Å². The summed E-state index contributed by atoms with van der Waals surface area (Å²) in [6.07, 6.45) is 5.46. The average Bonchev–Trinajstić information content (AvgIpc) is 2.78. The van der Waals surface area contributed by atoms with E-state index in [4.69, 9.17) is 11.6 Å². The van der Waals surface area contributed by atoms with Crippen LogP contribution in [0.3, 0.4) is 0 Å². The van der Waals surface area contributed by atoms with E-state index in [-0.39, 0.29) is 0 Å². The van der Waals surface area contributed by atoms with Crippen LogP contribution in [-0.4, -0.2) is 18.1 Å². The SMILES string of the molecule is Clc1ccc(C2=CC3CNCC3C2)cn1. The molecule has 1 saturated heterocycles. The Morgan fingerprint density at radius 1 is 1.33 bits per heavy atom. The van der Waals surface area contributed by atoms with E-state index in [2.05, 4.69) is 22.4 Å². The van der Waals surface area contributed by atoms with Crippen LogP contribution in [0.1, 0.15) is 12.0 Å². The molecule has 78 valence electrons. The van der Waals surface area contributed by atoms with Gasteiger partial charge in [-0.1, -0.05) is 23.7 Å². The number of hydrogen-bond donors (Lipinski definition) is 1. The zero-order chi connectivity index (χ0) is 10.3. The Bertz CT molecular complexity index is 397. The first-order chi connectivity index (χ1) is 7.33. The lowest BCUT2D eigenvalue weighted by Gasteiger charge is -2.06. The molecule has 1 aromatic rings. The van der Waals surface area contributed by atoms with Gasteiger partial charge in [0.1, 0.15) is 5.15 Å². The Morgan fingerprint density at radius 3 is 3.00 bits per heavy atom. The van der Waals surface area contributed by atoms with Gasteiger partial charge in [0, 0.05) is 12.7 Å². The van der Waals surface area contributed by atoms with Crippen LogP contribution in [0.5, 0.6) is 0 Å². The van der Waals surface area contributed by atoms with Crippen LogP contribution in [0.25, 0.3) is 5.57 Å². The minimum absolute atomic E-state index is 0.569. The van der Waals surface area contributed by atoms with E-state index in [0.29, 0.717) is 5.15 Å². The summed E-state index contributed by atoms with van der Waals surface area (Å²) in [5, 5.41) is 3.99. The molecule has 0 aromatic carbocycles. The van der Waals surface area contributed by atoms with Crippen LogP contribution in [0.15, 0.2) is 24.4 Å². The summed E-state index contributed by atoms with van der Waals surface area (Å²) < 4.78 is 0. The van der Waals surface area contributed by atoms with Gasteiger partial charge in [0.05, 0.1) is 0 Å². The predicted molar refractivity (Wildman–Crippen MR) is 61.7 cm³/mol. The molecule has 2 unspecified atom stereocenters. The maximum absolute atomic E-state index is 5.77. The van der Waals surface area contributed by atoms with Crippen molar-refractivity contribution in [2.45, 2.75) is 6.42 Å². The Morgan fingerprint density at radius 2 is 2.27 bits per heavy atom. The van der Waals surface area contributed by atoms with E-state index in [0.717, 1.165) is 24.9 Å². The molecule has 2 nitrogen and oxygen atoms in total. The number of halogens is 1. The molecule has 0 amide bonds. The summed E-state index contributed by atoms with van der Waals surface area (Å²) in [7, 11) is 0. The van der Waals surface area contributed by atoms with Crippen molar-refractivity contribution in [3.8, 4) is 0 Å². The number of allylic oxidation sites excluding steroid dienone is 1. The molecule has 3 heteroatoms. The molecule has 1 aliphatic heterocycles. The standard InChI is InChI=1S/C12H13ClN2/c13-12-2-1-8(7-15-12)9-3-10-5-14-6-11(10)4-9/h1-3,7,10-11,14H,4-6H2. The van der Waals surface area contributed by atoms with Gasteiger partial charge in [0.15, 0.2) is 0 Å². The second-order valence-corrected chi connectivity index (χ2v) is 4.74. The monoisotopic (exact) mass is 220 g/mol. The Hall–Kier alpha value is -0.860. The normalized spacial score (nSPS) is 29.0. The van der Waals surface area contributed by atoms with Crippen molar-refractivity contribution in [2.75, 3.05) is 13.1 Å². The Kier molecular flexibility index (Phi) is 2.26. The lowest BCUT2D eigenvalue weighted by atomic mass is 9.99. The second kappa shape index (κ2) is 3.62. The number of rotatable bonds is 1. The highest BCUT2D eigenvalue weighted by molar-refractivity contribution is 6.29. The fourth-order valence-electron chi connectivity index (χ4n) is 2.56. The van der Waals surface area contributed by atoms with Gasteiger partial charge in [-0.3, -0.25) is 0 Å². The minimum Gasteiger partial charge on any atom is -0.316 e. The highest BCUT2D eigenvalue weighted by Crippen LogP contribution is 2.37. The molecule has 0 spiro atoms. The van der Waals surface area contributed by atoms with Crippen molar-refractivity contribution in [2.24, 2.45) is 11.8 Å². The minimum atomic E-state index is 0.569. The Balaban J connectivity index is 1.87. The summed E-state index contributed by atoms with van der Waals surface area (Å²) in [6, 6.07) is 3.93. The molecule has 1 N–H and O–H groups in total. The summed E-state index contributed by atoms with van der Waals surface area (Å²) in [5.41, 5.74) is 2.67. The molecule has 2 heterocycles. The molecule has 15 heavy (non-hydrogen) atoms. The lowest BCUT2D eigenvalue weighted by Crippen LogP contribution is -2.09. The van der Waals surface area contributed by atoms with Crippen molar-refractivity contribution in [3.63, 3.8) is 0 Å². The first-order valence-electron chi connectivity index (χ1n) is 5.36. The van der Waals surface area contributed by atoms with E-state index in [1.165, 1.54) is 17.6 Å². The fourth-order valence-corrected chi connectivity index (χ4v) is 2.67. The van der Waals surface area contributed by atoms with Crippen LogP contribution >= 0.6 is 11.6 Å². The molecular formula is C12H13ClN2. The van der Waals surface area contributed by atoms with Crippen LogP contribution < -0.4 is 5.32 Å². The summed E-state index contributed by atoms with van der Waals surface area (Å²) in [5.74, 6) is 1.53. The zero-order valence-corrected chi connectivity index (χ0v) is 9.17. The molecular weight excluding hydrogens is 208 g/mol. The van der Waals surface area contributed by atoms with E-state index in [1.807, 2.05) is 12.3 Å². The molecule has 0 saturated carbocycles. The smallest absolute Gasteiger partial charge is 0.129 e. The van der Waals surface area contributed by atoms with Crippen molar-refractivity contribution in [3.05, 3.63) is 35.1 Å². The van der Waals surface area contributed by atoms with Crippen LogP contribution in [0.2, 0.25) is 5.15 Å². The van der Waals surface area contributed by atoms with Crippen molar-refractivity contribution in [1.82, 2.24) is 10.3 Å². The third-order valence-electron chi connectivity index (χ3n) is 3.39. The topological polar surface area (TPSA) is 24.9 Å². The predicted octanol–water partition coefficient (Wildman–Crippen LogP) is 2.36. The largest absolute Gasteiger partial charge is 0.316 e. The quantitative estimate of drug-likeness (QED) is 0.735. The number of hydrogen-bond acceptors (Lipinski definition) is 2. The molecule has 2 atom stereocenters. The lowest BCUT2D eigenvalue weighted by molar-refractivity contribution is 0.536. The molecule has 1 aliphatic carbocycles. The average molecular weight is 221 g/mol. The van der Waals surface area contributed by atoms with Crippen molar-refractivity contribution >= 4 is 17.2 Å². The zero-order valence-electron chi connectivity index (χ0n) is 8.41. The number of nitrogens with zero attached hydrogens (tertiary/aromatic N) is 1. The first kappa shape index (κ1) is 9.37. The van der Waals surface area contributed by atoms with E-state index >= 15 is 0 Å². The van der Waals surface area contributed by atoms with Gasteiger partial charge in [-0.2, -0.15) is 0 Å². The third kappa shape index (κ3) is 1.68. The molecule has 1 fully saturated rings. The van der Waals surface area contributed by atoms with E-state index in [1.54, 1.807) is 0 Å². The molecule has 0 bridgehead atoms. The second-order valence-electron chi connectivity index (χ2n) is 4.35. The van der Waals surface area contributed by atoms with Gasteiger partial charge in [-0.15, -0.1) is 0 Å². The fraction of sp³-hybridized carbons (Fsp3) is 0.417. The van der Waals surface area contributed by atoms with Crippen LogP contribution in [0, 0.1) is 11.8 Å². The highest BCUT2D eigenvalue weighted by atomic mass is 35.5. The molecule has 1 aromatic heterocycles. The molecule has 3 rings (SSSR count). The van der Waals surface area contributed by atoms with Crippen LogP contribution in [-0.2, 0) is 0 Å². The number of aromatic nitrogens is 1. The maximum Gasteiger partial charge on any atom is 0.129 e. The summed E-state index contributed by atoms with van der Waals surface area (Å²) in [6.45, 7) is 2.29. The molecule has 0 radical (unpaired) electrons. The van der Waals surface area contributed by atoms with Gasteiger partial charge in [-0.05, 0) is 42.0 Å². The van der Waals surface area contributed by atoms with Gasteiger partial charge < -0.3 is 5.32 Å². The maximum atomic E-state index is 5.77. The summed E-state index contributed by atoms with van der Waals surface area (Å²) >= 11 is 5.77. The van der Waals surface area contributed by atoms with Gasteiger partial charge >= 0.3 is 0 Å². The van der Waals surface area contributed by atoms with E-state index in [9.17, 15) is 0 Å². The van der Waals surface area contributed by atoms with Gasteiger partial charge in [-0.25, -0.2) is 4.98 Å².